The van der Waals surface area contributed by atoms with E-state index in [1.165, 1.54) is 22.9 Å². The fraction of sp³-hybridized carbons (Fsp3) is 0.357. The number of anilines is 1. The van der Waals surface area contributed by atoms with E-state index < -0.39 is 4.87 Å². The van der Waals surface area contributed by atoms with Gasteiger partial charge in [0.25, 0.3) is 0 Å². The molecule has 1 atom stereocenters. The van der Waals surface area contributed by atoms with Crippen LogP contribution in [0.25, 0.3) is 0 Å². The molecule has 0 bridgehead atoms. The van der Waals surface area contributed by atoms with E-state index in [0.29, 0.717) is 6.42 Å². The summed E-state index contributed by atoms with van der Waals surface area (Å²) < 4.78 is 0. The lowest BCUT2D eigenvalue weighted by atomic mass is 10.1. The fourth-order valence-corrected chi connectivity index (χ4v) is 2.76. The molecule has 0 aromatic heterocycles. The molecule has 1 aliphatic rings. The molecule has 2 rings (SSSR count). The van der Waals surface area contributed by atoms with Crippen LogP contribution in [-0.4, -0.2) is 10.8 Å². The van der Waals surface area contributed by atoms with Crippen molar-refractivity contribution in [2.24, 2.45) is 5.73 Å². The maximum Gasteiger partial charge on any atom is 0.227 e. The number of amides is 1. The van der Waals surface area contributed by atoms with E-state index in [-0.39, 0.29) is 5.91 Å². The zero-order valence-corrected chi connectivity index (χ0v) is 11.5. The van der Waals surface area contributed by atoms with Crippen molar-refractivity contribution >= 4 is 23.4 Å². The first-order valence-corrected chi connectivity index (χ1v) is 6.85. The molecule has 3 N–H and O–H groups in total. The monoisotopic (exact) mass is 262 g/mol. The van der Waals surface area contributed by atoms with Crippen LogP contribution in [0.2, 0.25) is 0 Å². The molecule has 3 nitrogen and oxygen atoms in total. The van der Waals surface area contributed by atoms with Crippen molar-refractivity contribution in [1.82, 2.24) is 0 Å². The Bertz CT molecular complexity index is 489. The molecule has 0 radical (unpaired) electrons. The normalized spacial score (nSPS) is 22.2. The number of nitrogens with one attached hydrogen (secondary N) is 1. The summed E-state index contributed by atoms with van der Waals surface area (Å²) in [5, 5.41) is 4.86. The Balaban J connectivity index is 1.96. The molecular formula is C14H18N2OS. The predicted molar refractivity (Wildman–Crippen MR) is 77.4 cm³/mol. The zero-order valence-electron chi connectivity index (χ0n) is 10.7. The van der Waals surface area contributed by atoms with Gasteiger partial charge in [0, 0.05) is 5.69 Å². The SMILES string of the molecule is Cc1ccc(NC(=O)CC2(N)CC=CS2)cc1C. The van der Waals surface area contributed by atoms with Crippen molar-refractivity contribution in [3.05, 3.63) is 40.8 Å². The number of hydrogen-bond donors (Lipinski definition) is 2. The number of benzene rings is 1. The minimum absolute atomic E-state index is 0.0306. The van der Waals surface area contributed by atoms with E-state index in [9.17, 15) is 4.79 Å². The summed E-state index contributed by atoms with van der Waals surface area (Å²) in [7, 11) is 0. The van der Waals surface area contributed by atoms with Gasteiger partial charge < -0.3 is 11.1 Å². The molecule has 96 valence electrons. The molecule has 4 heteroatoms. The van der Waals surface area contributed by atoms with Crippen LogP contribution in [0.1, 0.15) is 24.0 Å². The Hall–Kier alpha value is -1.26. The third-order valence-electron chi connectivity index (χ3n) is 3.11. The zero-order chi connectivity index (χ0) is 13.2. The number of nitrogens with two attached hydrogens (primary N) is 1. The number of carbonyl (C=O) groups excluding carboxylic acids is 1. The summed E-state index contributed by atoms with van der Waals surface area (Å²) in [6.07, 6.45) is 3.09. The van der Waals surface area contributed by atoms with Crippen molar-refractivity contribution < 1.29 is 4.79 Å². The maximum atomic E-state index is 11.9. The number of rotatable bonds is 3. The van der Waals surface area contributed by atoms with Gasteiger partial charge in [-0.25, -0.2) is 0 Å². The number of carbonyl (C=O) groups is 1. The van der Waals surface area contributed by atoms with Crippen LogP contribution in [0, 0.1) is 13.8 Å². The Morgan fingerprint density at radius 2 is 2.22 bits per heavy atom. The van der Waals surface area contributed by atoms with Crippen molar-refractivity contribution in [3.8, 4) is 0 Å². The standard InChI is InChI=1S/C14H18N2OS/c1-10-4-5-12(8-11(10)2)16-13(17)9-14(15)6-3-7-18-14/h3-5,7-8H,6,9,15H2,1-2H3,(H,16,17). The molecule has 0 saturated carbocycles. The highest BCUT2D eigenvalue weighted by atomic mass is 32.2. The second-order valence-electron chi connectivity index (χ2n) is 4.78. The van der Waals surface area contributed by atoms with Gasteiger partial charge in [-0.3, -0.25) is 4.79 Å². The molecule has 1 aromatic carbocycles. The Morgan fingerprint density at radius 1 is 1.44 bits per heavy atom. The van der Waals surface area contributed by atoms with Crippen molar-refractivity contribution in [3.63, 3.8) is 0 Å². The van der Waals surface area contributed by atoms with Gasteiger partial charge in [-0.15, -0.1) is 11.8 Å². The average Bonchev–Trinajstić information content (AvgIpc) is 2.70. The first-order chi connectivity index (χ1) is 8.48. The largest absolute Gasteiger partial charge is 0.326 e. The van der Waals surface area contributed by atoms with Crippen LogP contribution in [0.15, 0.2) is 29.7 Å². The van der Waals surface area contributed by atoms with E-state index in [2.05, 4.69) is 12.2 Å². The molecule has 1 amide bonds. The van der Waals surface area contributed by atoms with Crippen LogP contribution in [0.3, 0.4) is 0 Å². The maximum absolute atomic E-state index is 11.9. The molecule has 0 saturated heterocycles. The Labute approximate surface area is 112 Å². The molecule has 0 aliphatic carbocycles. The summed E-state index contributed by atoms with van der Waals surface area (Å²) in [6.45, 7) is 4.09. The molecule has 1 unspecified atom stereocenters. The third-order valence-corrected chi connectivity index (χ3v) is 4.22. The van der Waals surface area contributed by atoms with E-state index in [1.54, 1.807) is 0 Å². The topological polar surface area (TPSA) is 55.1 Å². The van der Waals surface area contributed by atoms with Gasteiger partial charge in [0.05, 0.1) is 11.3 Å². The summed E-state index contributed by atoms with van der Waals surface area (Å²) in [6, 6.07) is 5.91. The Morgan fingerprint density at radius 3 is 2.83 bits per heavy atom. The van der Waals surface area contributed by atoms with Crippen LogP contribution in [0.5, 0.6) is 0 Å². The summed E-state index contributed by atoms with van der Waals surface area (Å²) in [5.74, 6) is -0.0306. The number of aryl methyl sites for hydroxylation is 2. The van der Waals surface area contributed by atoms with Gasteiger partial charge in [-0.05, 0) is 48.9 Å². The molecule has 0 spiro atoms. The smallest absolute Gasteiger partial charge is 0.227 e. The summed E-state index contributed by atoms with van der Waals surface area (Å²) >= 11 is 1.53. The predicted octanol–water partition coefficient (Wildman–Crippen LogP) is 2.94. The van der Waals surface area contributed by atoms with Gasteiger partial charge in [-0.1, -0.05) is 12.1 Å². The molecule has 1 heterocycles. The minimum atomic E-state index is -0.468. The first kappa shape index (κ1) is 13.2. The third kappa shape index (κ3) is 3.15. The minimum Gasteiger partial charge on any atom is -0.326 e. The average molecular weight is 262 g/mol. The number of thioether (sulfide) groups is 1. The van der Waals surface area contributed by atoms with Gasteiger partial charge in [-0.2, -0.15) is 0 Å². The van der Waals surface area contributed by atoms with Gasteiger partial charge in [0.15, 0.2) is 0 Å². The number of hydrogen-bond acceptors (Lipinski definition) is 3. The summed E-state index contributed by atoms with van der Waals surface area (Å²) in [4.78, 5) is 11.5. The van der Waals surface area contributed by atoms with Gasteiger partial charge in [0.2, 0.25) is 5.91 Å². The van der Waals surface area contributed by atoms with Crippen molar-refractivity contribution in [1.29, 1.82) is 0 Å². The van der Waals surface area contributed by atoms with Crippen LogP contribution in [0.4, 0.5) is 5.69 Å². The molecular weight excluding hydrogens is 244 g/mol. The van der Waals surface area contributed by atoms with Crippen molar-refractivity contribution in [2.45, 2.75) is 31.6 Å². The molecule has 18 heavy (non-hydrogen) atoms. The lowest BCUT2D eigenvalue weighted by Gasteiger charge is -2.21. The van der Waals surface area contributed by atoms with E-state index in [0.717, 1.165) is 12.1 Å². The van der Waals surface area contributed by atoms with E-state index in [1.807, 2.05) is 36.6 Å². The quantitative estimate of drug-likeness (QED) is 0.880. The van der Waals surface area contributed by atoms with E-state index in [4.69, 9.17) is 5.73 Å². The first-order valence-electron chi connectivity index (χ1n) is 5.97. The molecule has 1 aromatic rings. The van der Waals surface area contributed by atoms with Gasteiger partial charge >= 0.3 is 0 Å². The molecule has 0 fully saturated rings. The molecule has 1 aliphatic heterocycles. The van der Waals surface area contributed by atoms with Crippen LogP contribution >= 0.6 is 11.8 Å². The second-order valence-corrected chi connectivity index (χ2v) is 6.10. The van der Waals surface area contributed by atoms with E-state index >= 15 is 0 Å². The summed E-state index contributed by atoms with van der Waals surface area (Å²) in [5.41, 5.74) is 9.34. The fourth-order valence-electron chi connectivity index (χ4n) is 1.89. The van der Waals surface area contributed by atoms with Gasteiger partial charge in [0.1, 0.15) is 0 Å². The lowest BCUT2D eigenvalue weighted by Crippen LogP contribution is -2.37. The highest BCUT2D eigenvalue weighted by molar-refractivity contribution is 8.03. The second kappa shape index (κ2) is 5.16. The highest BCUT2D eigenvalue weighted by Crippen LogP contribution is 2.34. The Kier molecular flexibility index (Phi) is 3.78. The van der Waals surface area contributed by atoms with Crippen LogP contribution in [-0.2, 0) is 4.79 Å². The lowest BCUT2D eigenvalue weighted by molar-refractivity contribution is -0.116. The van der Waals surface area contributed by atoms with Crippen molar-refractivity contribution in [2.75, 3.05) is 5.32 Å². The highest BCUT2D eigenvalue weighted by Gasteiger charge is 2.29. The van der Waals surface area contributed by atoms with Crippen LogP contribution < -0.4 is 11.1 Å².